The van der Waals surface area contributed by atoms with Crippen molar-refractivity contribution in [2.45, 2.75) is 363 Å². The molecular formula is C70H136O17P2. The van der Waals surface area contributed by atoms with Crippen molar-refractivity contribution in [1.29, 1.82) is 0 Å². The Labute approximate surface area is 543 Å². The maximum absolute atomic E-state index is 13.0. The summed E-state index contributed by atoms with van der Waals surface area (Å²) in [6.07, 6.45) is 42.1. The highest BCUT2D eigenvalue weighted by Crippen LogP contribution is 2.45. The van der Waals surface area contributed by atoms with Gasteiger partial charge < -0.3 is 33.8 Å². The number of phosphoric ester groups is 2. The van der Waals surface area contributed by atoms with E-state index < -0.39 is 97.5 Å². The molecule has 89 heavy (non-hydrogen) atoms. The SMILES string of the molecule is CCC(C)CCCCCCCCC(=O)OC[C@H](COP(=O)(O)OC[C@H](O)COP(=O)(O)OC[C@@H](COC(=O)CCCCCCCCCCCCCCCCCCC(C)C)OC(=O)CCCCCCCCCCC(C)C)OC(=O)CCCCCCCCC(C)C. The molecular weight excluding hydrogens is 1170 g/mol. The van der Waals surface area contributed by atoms with E-state index in [0.717, 1.165) is 114 Å². The predicted molar refractivity (Wildman–Crippen MR) is 358 cm³/mol. The molecule has 3 N–H and O–H groups in total. The molecule has 0 aliphatic carbocycles. The van der Waals surface area contributed by atoms with Crippen LogP contribution in [-0.2, 0) is 65.4 Å². The van der Waals surface area contributed by atoms with E-state index in [1.807, 2.05) is 0 Å². The van der Waals surface area contributed by atoms with Gasteiger partial charge in [-0.05, 0) is 49.4 Å². The minimum atomic E-state index is -4.95. The number of hydrogen-bond acceptors (Lipinski definition) is 15. The third-order valence-electron chi connectivity index (χ3n) is 16.4. The number of unbranched alkanes of at least 4 members (excludes halogenated alkanes) is 32. The van der Waals surface area contributed by atoms with Crippen molar-refractivity contribution in [2.24, 2.45) is 23.7 Å². The molecule has 17 nitrogen and oxygen atoms in total. The fourth-order valence-corrected chi connectivity index (χ4v) is 12.0. The second-order valence-corrected chi connectivity index (χ2v) is 29.8. The number of carbonyl (C=O) groups excluding carboxylic acids is 4. The van der Waals surface area contributed by atoms with Gasteiger partial charge in [0.1, 0.15) is 19.3 Å². The molecule has 0 radical (unpaired) electrons. The number of ether oxygens (including phenoxy) is 4. The highest BCUT2D eigenvalue weighted by Gasteiger charge is 2.30. The molecule has 0 aromatic carbocycles. The molecule has 0 saturated carbocycles. The number of rotatable bonds is 67. The lowest BCUT2D eigenvalue weighted by Crippen LogP contribution is -2.30. The van der Waals surface area contributed by atoms with Gasteiger partial charge in [-0.15, -0.1) is 0 Å². The summed E-state index contributed by atoms with van der Waals surface area (Å²) in [7, 11) is -9.90. The minimum Gasteiger partial charge on any atom is -0.462 e. The van der Waals surface area contributed by atoms with Crippen molar-refractivity contribution in [2.75, 3.05) is 39.6 Å². The average molecular weight is 1310 g/mol. The van der Waals surface area contributed by atoms with Gasteiger partial charge in [0.05, 0.1) is 26.4 Å². The van der Waals surface area contributed by atoms with Gasteiger partial charge in [-0.3, -0.25) is 37.3 Å². The van der Waals surface area contributed by atoms with Crippen LogP contribution in [0.25, 0.3) is 0 Å². The molecule has 0 saturated heterocycles. The number of esters is 4. The molecule has 0 rings (SSSR count). The topological polar surface area (TPSA) is 237 Å². The van der Waals surface area contributed by atoms with Gasteiger partial charge in [0.25, 0.3) is 0 Å². The fraction of sp³-hybridized carbons (Fsp3) is 0.943. The Morgan fingerprint density at radius 2 is 0.539 bits per heavy atom. The Morgan fingerprint density at radius 3 is 0.798 bits per heavy atom. The van der Waals surface area contributed by atoms with Gasteiger partial charge in [-0.1, -0.05) is 293 Å². The third-order valence-corrected chi connectivity index (χ3v) is 18.3. The molecule has 6 atom stereocenters. The first-order chi connectivity index (χ1) is 42.6. The Hall–Kier alpha value is -1.94. The summed E-state index contributed by atoms with van der Waals surface area (Å²) in [6.45, 7) is 14.0. The van der Waals surface area contributed by atoms with Gasteiger partial charge in [-0.2, -0.15) is 0 Å². The zero-order chi connectivity index (χ0) is 66.1. The van der Waals surface area contributed by atoms with Crippen molar-refractivity contribution in [3.8, 4) is 0 Å². The monoisotopic (exact) mass is 1310 g/mol. The average Bonchev–Trinajstić information content (AvgIpc) is 3.67. The van der Waals surface area contributed by atoms with E-state index in [0.29, 0.717) is 31.6 Å². The van der Waals surface area contributed by atoms with Crippen molar-refractivity contribution in [3.63, 3.8) is 0 Å². The second-order valence-electron chi connectivity index (χ2n) is 26.9. The molecule has 3 unspecified atom stereocenters. The van der Waals surface area contributed by atoms with E-state index in [2.05, 4.69) is 55.4 Å². The summed E-state index contributed by atoms with van der Waals surface area (Å²) in [6, 6.07) is 0. The Balaban J connectivity index is 5.17. The summed E-state index contributed by atoms with van der Waals surface area (Å²) in [5.74, 6) is 0.794. The van der Waals surface area contributed by atoms with E-state index in [-0.39, 0.29) is 25.7 Å². The summed E-state index contributed by atoms with van der Waals surface area (Å²) in [4.78, 5) is 72.4. The number of hydrogen-bond donors (Lipinski definition) is 3. The van der Waals surface area contributed by atoms with Crippen molar-refractivity contribution in [3.05, 3.63) is 0 Å². The van der Waals surface area contributed by atoms with Gasteiger partial charge >= 0.3 is 39.5 Å². The largest absolute Gasteiger partial charge is 0.472 e. The summed E-state index contributed by atoms with van der Waals surface area (Å²) < 4.78 is 68.2. The highest BCUT2D eigenvalue weighted by atomic mass is 31.2. The minimum absolute atomic E-state index is 0.101. The molecule has 19 heteroatoms. The van der Waals surface area contributed by atoms with E-state index in [9.17, 15) is 43.2 Å². The molecule has 0 amide bonds. The van der Waals surface area contributed by atoms with E-state index in [1.165, 1.54) is 141 Å². The van der Waals surface area contributed by atoms with Gasteiger partial charge in [0.2, 0.25) is 0 Å². The second kappa shape index (κ2) is 59.8. The molecule has 0 aromatic rings. The van der Waals surface area contributed by atoms with Gasteiger partial charge in [-0.25, -0.2) is 9.13 Å². The summed E-state index contributed by atoms with van der Waals surface area (Å²) in [5.41, 5.74) is 0. The summed E-state index contributed by atoms with van der Waals surface area (Å²) in [5, 5.41) is 10.6. The number of carbonyl (C=O) groups is 4. The standard InChI is InChI=1S/C70H136O17P2/c1-9-63(8)49-41-33-27-29-35-43-51-68(73)81-57-66(87-70(75)53-45-37-28-26-32-40-48-62(6)7)59-85-89(78,79)83-55-64(71)54-82-88(76,77)84-58-65(86-69(74)52-44-36-25-21-20-23-31-39-47-61(4)5)56-80-67(72)50-42-34-24-19-17-15-13-11-10-12-14-16-18-22-30-38-46-60(2)3/h60-66,71H,9-59H2,1-8H3,(H,76,77)(H,78,79)/t63?,64-,65-,66-/m1/s1. The van der Waals surface area contributed by atoms with Crippen LogP contribution in [0.1, 0.15) is 344 Å². The molecule has 0 aromatic heterocycles. The molecule has 0 spiro atoms. The lowest BCUT2D eigenvalue weighted by molar-refractivity contribution is -0.161. The summed E-state index contributed by atoms with van der Waals surface area (Å²) >= 11 is 0. The maximum Gasteiger partial charge on any atom is 0.472 e. The Bertz CT molecular complexity index is 1770. The third kappa shape index (κ3) is 63.2. The first-order valence-corrected chi connectivity index (χ1v) is 39.2. The lowest BCUT2D eigenvalue weighted by Gasteiger charge is -2.21. The van der Waals surface area contributed by atoms with Gasteiger partial charge in [0.15, 0.2) is 12.2 Å². The molecule has 0 aliphatic heterocycles. The number of phosphoric acid groups is 2. The van der Waals surface area contributed by atoms with E-state index in [1.54, 1.807) is 0 Å². The Morgan fingerprint density at radius 1 is 0.315 bits per heavy atom. The van der Waals surface area contributed by atoms with Crippen LogP contribution in [0, 0.1) is 23.7 Å². The highest BCUT2D eigenvalue weighted by molar-refractivity contribution is 7.47. The van der Waals surface area contributed by atoms with Gasteiger partial charge in [0, 0.05) is 25.7 Å². The fourth-order valence-electron chi connectivity index (χ4n) is 10.5. The molecule has 528 valence electrons. The van der Waals surface area contributed by atoms with Crippen molar-refractivity contribution < 1.29 is 80.2 Å². The molecule has 0 aliphatic rings. The van der Waals surface area contributed by atoms with Crippen LogP contribution in [-0.4, -0.2) is 96.7 Å². The number of aliphatic hydroxyl groups excluding tert-OH is 1. The predicted octanol–water partition coefficient (Wildman–Crippen LogP) is 19.7. The normalized spacial score (nSPS) is 14.6. The zero-order valence-electron chi connectivity index (χ0n) is 58.1. The maximum atomic E-state index is 13.0. The Kier molecular flexibility index (Phi) is 58.5. The van der Waals surface area contributed by atoms with Crippen LogP contribution >= 0.6 is 15.6 Å². The first kappa shape index (κ1) is 87.1. The van der Waals surface area contributed by atoms with Crippen LogP contribution in [0.5, 0.6) is 0 Å². The smallest absolute Gasteiger partial charge is 0.462 e. The number of aliphatic hydroxyl groups is 1. The van der Waals surface area contributed by atoms with Crippen LogP contribution in [0.15, 0.2) is 0 Å². The van der Waals surface area contributed by atoms with Crippen LogP contribution < -0.4 is 0 Å². The molecule has 0 heterocycles. The van der Waals surface area contributed by atoms with Crippen LogP contribution in [0.3, 0.4) is 0 Å². The van der Waals surface area contributed by atoms with Crippen LogP contribution in [0.4, 0.5) is 0 Å². The van der Waals surface area contributed by atoms with Crippen molar-refractivity contribution >= 4 is 39.5 Å². The van der Waals surface area contributed by atoms with Crippen LogP contribution in [0.2, 0.25) is 0 Å². The van der Waals surface area contributed by atoms with Crippen molar-refractivity contribution in [1.82, 2.24) is 0 Å². The van der Waals surface area contributed by atoms with E-state index >= 15 is 0 Å². The zero-order valence-corrected chi connectivity index (χ0v) is 59.8. The quantitative estimate of drug-likeness (QED) is 0.0222. The lowest BCUT2D eigenvalue weighted by atomic mass is 10.00. The van der Waals surface area contributed by atoms with E-state index in [4.69, 9.17) is 37.0 Å². The molecule has 0 fully saturated rings. The molecule has 0 bridgehead atoms. The first-order valence-electron chi connectivity index (χ1n) is 36.2.